The largest absolute Gasteiger partial charge is 0.479 e. The summed E-state index contributed by atoms with van der Waals surface area (Å²) in [5, 5.41) is 52.4. The first-order chi connectivity index (χ1) is 18.9. The second-order valence-corrected chi connectivity index (χ2v) is 13.6. The highest BCUT2D eigenvalue weighted by molar-refractivity contribution is 5.73. The Morgan fingerprint density at radius 1 is 0.950 bits per heavy atom. The van der Waals surface area contributed by atoms with Crippen molar-refractivity contribution in [2.75, 3.05) is 0 Å². The summed E-state index contributed by atoms with van der Waals surface area (Å²) in [5.74, 6) is -0.394. The smallest absolute Gasteiger partial charge is 0.335 e. The molecule has 0 amide bonds. The zero-order valence-corrected chi connectivity index (χ0v) is 23.1. The Balaban J connectivity index is 1.16. The van der Waals surface area contributed by atoms with Gasteiger partial charge in [0.1, 0.15) is 18.3 Å². The normalized spacial score (nSPS) is 50.5. The van der Waals surface area contributed by atoms with Gasteiger partial charge in [0, 0.05) is 11.5 Å². The predicted octanol–water partition coefficient (Wildman–Crippen LogP) is 2.16. The van der Waals surface area contributed by atoms with Crippen LogP contribution in [0.3, 0.4) is 0 Å². The Labute approximate surface area is 233 Å². The van der Waals surface area contributed by atoms with E-state index in [-0.39, 0.29) is 34.4 Å². The van der Waals surface area contributed by atoms with Gasteiger partial charge in [0.05, 0.1) is 18.0 Å². The highest BCUT2D eigenvalue weighted by atomic mass is 16.7. The summed E-state index contributed by atoms with van der Waals surface area (Å²) in [6, 6.07) is 3.32. The molecule has 0 bridgehead atoms. The Morgan fingerprint density at radius 2 is 1.73 bits per heavy atom. The van der Waals surface area contributed by atoms with Gasteiger partial charge in [0.15, 0.2) is 12.4 Å². The second kappa shape index (κ2) is 9.88. The van der Waals surface area contributed by atoms with Gasteiger partial charge in [-0.1, -0.05) is 13.8 Å². The zero-order chi connectivity index (χ0) is 28.6. The Morgan fingerprint density at radius 3 is 2.42 bits per heavy atom. The Kier molecular flexibility index (Phi) is 6.99. The van der Waals surface area contributed by atoms with Crippen molar-refractivity contribution in [2.45, 2.75) is 120 Å². The molecule has 5 aliphatic rings. The van der Waals surface area contributed by atoms with Crippen LogP contribution in [-0.2, 0) is 14.3 Å². The summed E-state index contributed by atoms with van der Waals surface area (Å²) in [7, 11) is 0. The van der Waals surface area contributed by atoms with E-state index in [1.54, 1.807) is 6.26 Å². The third-order valence-electron chi connectivity index (χ3n) is 12.1. The summed E-state index contributed by atoms with van der Waals surface area (Å²) < 4.78 is 16.6. The van der Waals surface area contributed by atoms with Gasteiger partial charge in [0.25, 0.3) is 0 Å². The molecule has 10 heteroatoms. The maximum Gasteiger partial charge on any atom is 0.335 e. The molecule has 1 saturated heterocycles. The van der Waals surface area contributed by atoms with Crippen molar-refractivity contribution in [1.29, 1.82) is 0 Å². The van der Waals surface area contributed by atoms with Gasteiger partial charge in [-0.3, -0.25) is 0 Å². The van der Waals surface area contributed by atoms with Gasteiger partial charge < -0.3 is 39.4 Å². The van der Waals surface area contributed by atoms with E-state index in [0.717, 1.165) is 56.9 Å². The Bertz CT molecular complexity index is 1160. The molecule has 0 unspecified atom stereocenters. The molecule has 0 aromatic carbocycles. The van der Waals surface area contributed by atoms with E-state index in [9.17, 15) is 35.1 Å². The first-order valence-corrected chi connectivity index (χ1v) is 14.8. The van der Waals surface area contributed by atoms with E-state index in [1.165, 1.54) is 6.07 Å². The molecule has 13 atom stereocenters. The first kappa shape index (κ1) is 28.3. The van der Waals surface area contributed by atoms with Crippen LogP contribution < -0.4 is 5.63 Å². The molecule has 5 N–H and O–H groups in total. The van der Waals surface area contributed by atoms with Gasteiger partial charge in [-0.25, -0.2) is 9.59 Å². The highest BCUT2D eigenvalue weighted by Gasteiger charge is 2.67. The third-order valence-corrected chi connectivity index (χ3v) is 12.1. The summed E-state index contributed by atoms with van der Waals surface area (Å²) in [5.41, 5.74) is -0.442. The topological polar surface area (TPSA) is 167 Å². The average molecular weight is 563 g/mol. The molecule has 5 fully saturated rings. The van der Waals surface area contributed by atoms with Crippen molar-refractivity contribution >= 4 is 5.97 Å². The fourth-order valence-electron chi connectivity index (χ4n) is 9.76. The summed E-state index contributed by atoms with van der Waals surface area (Å²) in [4.78, 5) is 23.0. The molecule has 1 aromatic rings. The van der Waals surface area contributed by atoms with Gasteiger partial charge in [-0.2, -0.15) is 0 Å². The first-order valence-electron chi connectivity index (χ1n) is 14.8. The molecule has 6 rings (SSSR count). The van der Waals surface area contributed by atoms with E-state index in [0.29, 0.717) is 18.3 Å². The number of aliphatic carboxylic acids is 1. The van der Waals surface area contributed by atoms with Crippen LogP contribution in [0.5, 0.6) is 0 Å². The fourth-order valence-corrected chi connectivity index (χ4v) is 9.76. The Hall–Kier alpha value is -1.82. The van der Waals surface area contributed by atoms with Crippen molar-refractivity contribution in [3.8, 4) is 0 Å². The number of carboxylic acid groups (broad SMARTS) is 1. The molecular formula is C30H42O10. The summed E-state index contributed by atoms with van der Waals surface area (Å²) >= 11 is 0. The van der Waals surface area contributed by atoms with Crippen molar-refractivity contribution in [3.63, 3.8) is 0 Å². The molecule has 40 heavy (non-hydrogen) atoms. The lowest BCUT2D eigenvalue weighted by Gasteiger charge is -2.63. The van der Waals surface area contributed by atoms with E-state index in [4.69, 9.17) is 13.9 Å². The monoisotopic (exact) mass is 562 g/mol. The number of hydrogen-bond donors (Lipinski definition) is 5. The average Bonchev–Trinajstić information content (AvgIpc) is 3.20. The number of aliphatic hydroxyl groups is 4. The summed E-state index contributed by atoms with van der Waals surface area (Å²) in [6.45, 7) is 4.57. The van der Waals surface area contributed by atoms with Crippen molar-refractivity contribution in [3.05, 3.63) is 34.4 Å². The van der Waals surface area contributed by atoms with E-state index in [1.807, 2.05) is 6.07 Å². The molecule has 1 aromatic heterocycles. The van der Waals surface area contributed by atoms with E-state index in [2.05, 4.69) is 13.8 Å². The molecule has 1 aliphatic heterocycles. The lowest BCUT2D eigenvalue weighted by molar-refractivity contribution is -0.310. The van der Waals surface area contributed by atoms with E-state index >= 15 is 0 Å². The van der Waals surface area contributed by atoms with Crippen molar-refractivity contribution in [1.82, 2.24) is 0 Å². The molecule has 0 spiro atoms. The number of ether oxygens (including phenoxy) is 2. The molecule has 0 radical (unpaired) electrons. The molecule has 4 aliphatic carbocycles. The number of rotatable bonds is 4. The highest BCUT2D eigenvalue weighted by Crippen LogP contribution is 2.70. The van der Waals surface area contributed by atoms with Gasteiger partial charge in [-0.15, -0.1) is 0 Å². The number of aliphatic hydroxyl groups excluding tert-OH is 3. The van der Waals surface area contributed by atoms with Gasteiger partial charge in [0.2, 0.25) is 0 Å². The van der Waals surface area contributed by atoms with Crippen LogP contribution >= 0.6 is 0 Å². The van der Waals surface area contributed by atoms with Crippen LogP contribution in [0, 0.1) is 28.6 Å². The molecule has 222 valence electrons. The van der Waals surface area contributed by atoms with Crippen LogP contribution in [0.25, 0.3) is 0 Å². The molecule has 2 heterocycles. The van der Waals surface area contributed by atoms with Crippen LogP contribution in [-0.4, -0.2) is 73.9 Å². The third kappa shape index (κ3) is 4.13. The quantitative estimate of drug-likeness (QED) is 0.343. The summed E-state index contributed by atoms with van der Waals surface area (Å²) in [6.07, 6.45) is 0.983. The van der Waals surface area contributed by atoms with Crippen LogP contribution in [0.15, 0.2) is 27.6 Å². The van der Waals surface area contributed by atoms with Crippen molar-refractivity contribution < 1.29 is 44.2 Å². The minimum atomic E-state index is -1.74. The molecule has 10 nitrogen and oxygen atoms in total. The molecule has 4 saturated carbocycles. The second-order valence-electron chi connectivity index (χ2n) is 13.6. The number of fused-ring (bicyclic) bond motifs is 5. The standard InChI is InChI=1S/C30H42O10/c1-28-10-7-17(39-27-24(34)22(32)23(33)25(40-27)26(35)36)13-16(28)4-5-20-19(28)8-11-29(2)18(9-12-30(20,29)37)15-3-6-21(31)38-14-15/h3,6,14,16-20,22-25,27,32-34,37H,4-5,7-13H2,1-2H3,(H,35,36)/t16-,17-,18-,19+,20-,22+,23+,24-,25+,27-,28+,29-,30+/m1/s1. The van der Waals surface area contributed by atoms with Crippen LogP contribution in [0.2, 0.25) is 0 Å². The maximum absolute atomic E-state index is 12.4. The minimum absolute atomic E-state index is 0.0167. The number of carbonyl (C=O) groups is 1. The lowest BCUT2D eigenvalue weighted by Crippen LogP contribution is -2.63. The zero-order valence-electron chi connectivity index (χ0n) is 23.1. The maximum atomic E-state index is 12.4. The van der Waals surface area contributed by atoms with E-state index < -0.39 is 42.3 Å². The van der Waals surface area contributed by atoms with Crippen LogP contribution in [0.1, 0.15) is 83.1 Å². The fraction of sp³-hybridized carbons (Fsp3) is 0.800. The van der Waals surface area contributed by atoms with Crippen molar-refractivity contribution in [2.24, 2.45) is 28.6 Å². The van der Waals surface area contributed by atoms with Crippen LogP contribution in [0.4, 0.5) is 0 Å². The minimum Gasteiger partial charge on any atom is -0.479 e. The number of carboxylic acids is 1. The number of hydrogen-bond acceptors (Lipinski definition) is 9. The van der Waals surface area contributed by atoms with Gasteiger partial charge in [-0.05, 0) is 98.5 Å². The molecular weight excluding hydrogens is 520 g/mol. The lowest BCUT2D eigenvalue weighted by atomic mass is 9.43. The van der Waals surface area contributed by atoms with Gasteiger partial charge >= 0.3 is 11.6 Å². The predicted molar refractivity (Wildman–Crippen MR) is 140 cm³/mol. The SMILES string of the molecule is C[C@]12CC[C@@H](O[C@@H]3O[C@H](C(=O)O)[C@@H](O)[C@H](O)[C@H]3O)C[C@H]1CC[C@@H]1[C@@H]2CC[C@]2(C)[C@@H](c3ccc(=O)oc3)CC[C@]12O.